The van der Waals surface area contributed by atoms with Crippen molar-refractivity contribution >= 4 is 17.6 Å². The van der Waals surface area contributed by atoms with E-state index >= 15 is 0 Å². The molecule has 0 bridgehead atoms. The maximum atomic E-state index is 12.8. The number of esters is 1. The minimum atomic E-state index is -0.888. The Hall–Kier alpha value is -3.22. The van der Waals surface area contributed by atoms with Gasteiger partial charge in [-0.15, -0.1) is 0 Å². The third kappa shape index (κ3) is 5.39. The Kier molecular flexibility index (Phi) is 6.87. The van der Waals surface area contributed by atoms with Crippen LogP contribution in [0.1, 0.15) is 53.4 Å². The van der Waals surface area contributed by atoms with Crippen molar-refractivity contribution < 1.29 is 19.2 Å². The lowest BCUT2D eigenvalue weighted by Gasteiger charge is -2.20. The first-order valence-corrected chi connectivity index (χ1v) is 9.00. The zero-order valence-electron chi connectivity index (χ0n) is 16.4. The molecule has 148 valence electrons. The highest BCUT2D eigenvalue weighted by Gasteiger charge is 2.27. The Bertz CT molecular complexity index is 892. The SMILES string of the molecule is Cc1ccc(C(=O)NC(CC(=O)OC(C)C)c2ccccc2[N+](=O)[O-])c(C)c1. The number of nitrogens with one attached hydrogen (secondary N) is 1. The monoisotopic (exact) mass is 384 g/mol. The largest absolute Gasteiger partial charge is 0.463 e. The number of aryl methyl sites for hydroxylation is 2. The summed E-state index contributed by atoms with van der Waals surface area (Å²) in [4.78, 5) is 35.9. The molecule has 1 N–H and O–H groups in total. The number of carbonyl (C=O) groups excluding carboxylic acids is 2. The number of hydrogen-bond donors (Lipinski definition) is 1. The fourth-order valence-corrected chi connectivity index (χ4v) is 2.97. The third-order valence-corrected chi connectivity index (χ3v) is 4.18. The number of nitro groups is 1. The van der Waals surface area contributed by atoms with Gasteiger partial charge in [0.2, 0.25) is 0 Å². The molecular weight excluding hydrogens is 360 g/mol. The lowest BCUT2D eigenvalue weighted by atomic mass is 10.00. The molecular formula is C21H24N2O5. The van der Waals surface area contributed by atoms with Gasteiger partial charge >= 0.3 is 5.97 Å². The van der Waals surface area contributed by atoms with Gasteiger partial charge in [0.1, 0.15) is 0 Å². The summed E-state index contributed by atoms with van der Waals surface area (Å²) < 4.78 is 5.17. The highest BCUT2D eigenvalue weighted by atomic mass is 16.6. The van der Waals surface area contributed by atoms with Crippen molar-refractivity contribution in [2.24, 2.45) is 0 Å². The number of carbonyl (C=O) groups is 2. The molecule has 0 aliphatic heterocycles. The number of para-hydroxylation sites is 1. The predicted molar refractivity (Wildman–Crippen MR) is 105 cm³/mol. The van der Waals surface area contributed by atoms with Gasteiger partial charge < -0.3 is 10.1 Å². The molecule has 2 aromatic rings. The first-order chi connectivity index (χ1) is 13.2. The minimum absolute atomic E-state index is 0.161. The van der Waals surface area contributed by atoms with Crippen LogP contribution in [0.2, 0.25) is 0 Å². The number of rotatable bonds is 7. The first kappa shape index (κ1) is 21.1. The Morgan fingerprint density at radius 2 is 1.82 bits per heavy atom. The molecule has 0 aliphatic carbocycles. The minimum Gasteiger partial charge on any atom is -0.463 e. The molecule has 0 heterocycles. The third-order valence-electron chi connectivity index (χ3n) is 4.18. The van der Waals surface area contributed by atoms with Crippen LogP contribution in [0.5, 0.6) is 0 Å². The van der Waals surface area contributed by atoms with Crippen LogP contribution in [0.25, 0.3) is 0 Å². The summed E-state index contributed by atoms with van der Waals surface area (Å²) in [6.07, 6.45) is -0.534. The number of hydrogen-bond acceptors (Lipinski definition) is 5. The normalized spacial score (nSPS) is 11.8. The Labute approximate surface area is 163 Å². The van der Waals surface area contributed by atoms with Gasteiger partial charge in [-0.2, -0.15) is 0 Å². The van der Waals surface area contributed by atoms with Crippen molar-refractivity contribution in [1.82, 2.24) is 5.32 Å². The van der Waals surface area contributed by atoms with Gasteiger partial charge in [-0.25, -0.2) is 0 Å². The van der Waals surface area contributed by atoms with Crippen LogP contribution in [0.4, 0.5) is 5.69 Å². The molecule has 0 fully saturated rings. The molecule has 2 aromatic carbocycles. The zero-order valence-corrected chi connectivity index (χ0v) is 16.4. The van der Waals surface area contributed by atoms with Gasteiger partial charge in [0.05, 0.1) is 29.1 Å². The fraction of sp³-hybridized carbons (Fsp3) is 0.333. The number of nitro benzene ring substituents is 1. The predicted octanol–water partition coefficient (Wildman–Crippen LogP) is 4.02. The van der Waals surface area contributed by atoms with E-state index in [0.717, 1.165) is 11.1 Å². The molecule has 0 aromatic heterocycles. The lowest BCUT2D eigenvalue weighted by Crippen LogP contribution is -2.32. The molecule has 0 saturated carbocycles. The van der Waals surface area contributed by atoms with E-state index < -0.39 is 22.8 Å². The maximum Gasteiger partial charge on any atom is 0.308 e. The second kappa shape index (κ2) is 9.12. The molecule has 1 atom stereocenters. The van der Waals surface area contributed by atoms with Gasteiger partial charge in [0.25, 0.3) is 11.6 Å². The Balaban J connectivity index is 2.37. The van der Waals surface area contributed by atoms with E-state index in [1.807, 2.05) is 26.0 Å². The fourth-order valence-electron chi connectivity index (χ4n) is 2.97. The molecule has 0 radical (unpaired) electrons. The van der Waals surface area contributed by atoms with Gasteiger partial charge in [-0.1, -0.05) is 35.9 Å². The topological polar surface area (TPSA) is 98.5 Å². The van der Waals surface area contributed by atoms with E-state index in [1.165, 1.54) is 18.2 Å². The maximum absolute atomic E-state index is 12.8. The summed E-state index contributed by atoms with van der Waals surface area (Å²) in [5.41, 5.74) is 2.34. The average molecular weight is 384 g/mol. The van der Waals surface area contributed by atoms with Gasteiger partial charge in [0.15, 0.2) is 0 Å². The van der Waals surface area contributed by atoms with Crippen molar-refractivity contribution in [3.05, 3.63) is 74.8 Å². The van der Waals surface area contributed by atoms with Crippen LogP contribution in [-0.4, -0.2) is 22.9 Å². The van der Waals surface area contributed by atoms with Crippen molar-refractivity contribution in [1.29, 1.82) is 0 Å². The lowest BCUT2D eigenvalue weighted by molar-refractivity contribution is -0.385. The number of nitrogens with zero attached hydrogens (tertiary/aromatic N) is 1. The van der Waals surface area contributed by atoms with Gasteiger partial charge in [0, 0.05) is 11.6 Å². The summed E-state index contributed by atoms with van der Waals surface area (Å²) in [6, 6.07) is 10.6. The van der Waals surface area contributed by atoms with E-state index in [0.29, 0.717) is 5.56 Å². The highest BCUT2D eigenvalue weighted by Crippen LogP contribution is 2.28. The number of amides is 1. The highest BCUT2D eigenvalue weighted by molar-refractivity contribution is 5.96. The van der Waals surface area contributed by atoms with Crippen LogP contribution in [-0.2, 0) is 9.53 Å². The standard InChI is InChI=1S/C21H24N2O5/c1-13(2)28-20(24)12-18(17-7-5-6-8-19(17)23(26)27)22-21(25)16-10-9-14(3)11-15(16)4/h5-11,13,18H,12H2,1-4H3,(H,22,25). The van der Waals surface area contributed by atoms with Crippen molar-refractivity contribution in [2.45, 2.75) is 46.3 Å². The Morgan fingerprint density at radius 1 is 1.14 bits per heavy atom. The summed E-state index contributed by atoms with van der Waals surface area (Å²) in [5, 5.41) is 14.2. The second-order valence-electron chi connectivity index (χ2n) is 6.90. The molecule has 28 heavy (non-hydrogen) atoms. The smallest absolute Gasteiger partial charge is 0.308 e. The van der Waals surface area contributed by atoms with Crippen LogP contribution >= 0.6 is 0 Å². The summed E-state index contributed by atoms with van der Waals surface area (Å²) in [5.74, 6) is -0.947. The molecule has 1 unspecified atom stereocenters. The zero-order chi connectivity index (χ0) is 20.8. The van der Waals surface area contributed by atoms with Crippen LogP contribution in [0.3, 0.4) is 0 Å². The average Bonchev–Trinajstić information content (AvgIpc) is 2.60. The van der Waals surface area contributed by atoms with E-state index in [9.17, 15) is 19.7 Å². The summed E-state index contributed by atoms with van der Waals surface area (Å²) in [6.45, 7) is 7.17. The number of benzene rings is 2. The van der Waals surface area contributed by atoms with Crippen LogP contribution in [0, 0.1) is 24.0 Å². The van der Waals surface area contributed by atoms with E-state index in [-0.39, 0.29) is 23.8 Å². The molecule has 0 spiro atoms. The molecule has 0 aliphatic rings. The van der Waals surface area contributed by atoms with E-state index in [1.54, 1.807) is 26.0 Å². The van der Waals surface area contributed by atoms with Gasteiger partial charge in [-0.05, 0) is 39.3 Å². The van der Waals surface area contributed by atoms with Crippen molar-refractivity contribution in [3.8, 4) is 0 Å². The second-order valence-corrected chi connectivity index (χ2v) is 6.90. The molecule has 2 rings (SSSR count). The Morgan fingerprint density at radius 3 is 2.43 bits per heavy atom. The van der Waals surface area contributed by atoms with E-state index in [4.69, 9.17) is 4.74 Å². The first-order valence-electron chi connectivity index (χ1n) is 9.00. The summed E-state index contributed by atoms with van der Waals surface area (Å²) in [7, 11) is 0. The van der Waals surface area contributed by atoms with Crippen LogP contribution in [0.15, 0.2) is 42.5 Å². The van der Waals surface area contributed by atoms with Crippen molar-refractivity contribution in [3.63, 3.8) is 0 Å². The van der Waals surface area contributed by atoms with E-state index in [2.05, 4.69) is 5.32 Å². The van der Waals surface area contributed by atoms with Crippen LogP contribution < -0.4 is 5.32 Å². The number of ether oxygens (including phenoxy) is 1. The molecule has 7 heteroatoms. The molecule has 1 amide bonds. The van der Waals surface area contributed by atoms with Gasteiger partial charge in [-0.3, -0.25) is 19.7 Å². The molecule has 7 nitrogen and oxygen atoms in total. The summed E-state index contributed by atoms with van der Waals surface area (Å²) >= 11 is 0. The molecule has 0 saturated heterocycles. The van der Waals surface area contributed by atoms with Crippen molar-refractivity contribution in [2.75, 3.05) is 0 Å². The quantitative estimate of drug-likeness (QED) is 0.441.